The highest BCUT2D eigenvalue weighted by Gasteiger charge is 2.34. The Bertz CT molecular complexity index is 202. The molecule has 0 aliphatic heterocycles. The van der Waals surface area contributed by atoms with Gasteiger partial charge in [-0.1, -0.05) is 19.6 Å². The van der Waals surface area contributed by atoms with E-state index in [1.54, 1.807) is 6.92 Å². The summed E-state index contributed by atoms with van der Waals surface area (Å²) in [6.07, 6.45) is 0. The lowest BCUT2D eigenvalue weighted by Crippen LogP contribution is -2.33. The molecule has 0 aromatic heterocycles. The van der Waals surface area contributed by atoms with E-state index in [4.69, 9.17) is 10.00 Å². The van der Waals surface area contributed by atoms with E-state index in [-0.39, 0.29) is 5.97 Å². The van der Waals surface area contributed by atoms with Crippen molar-refractivity contribution in [2.75, 3.05) is 6.61 Å². The minimum atomic E-state index is -1.72. The van der Waals surface area contributed by atoms with Crippen LogP contribution in [0.15, 0.2) is 0 Å². The van der Waals surface area contributed by atoms with Gasteiger partial charge in [0.2, 0.25) is 0 Å². The first kappa shape index (κ1) is 11.2. The Kier molecular flexibility index (Phi) is 3.97. The second kappa shape index (κ2) is 4.26. The SMILES string of the molecule is CCOC(=O)C(C#N)[Si](C)(C)C. The number of nitrogens with zero attached hydrogens (tertiary/aromatic N) is 1. The van der Waals surface area contributed by atoms with Crippen LogP contribution in [-0.2, 0) is 9.53 Å². The van der Waals surface area contributed by atoms with Crippen LogP contribution in [0, 0.1) is 11.3 Å². The van der Waals surface area contributed by atoms with Crippen LogP contribution in [0.3, 0.4) is 0 Å². The Morgan fingerprint density at radius 3 is 2.33 bits per heavy atom. The molecule has 1 atom stereocenters. The lowest BCUT2D eigenvalue weighted by molar-refractivity contribution is -0.141. The monoisotopic (exact) mass is 185 g/mol. The van der Waals surface area contributed by atoms with Crippen molar-refractivity contribution in [3.8, 4) is 6.07 Å². The molecule has 12 heavy (non-hydrogen) atoms. The first-order chi connectivity index (χ1) is 5.43. The van der Waals surface area contributed by atoms with Crippen LogP contribution in [0.1, 0.15) is 6.92 Å². The van der Waals surface area contributed by atoms with Crippen LogP contribution in [-0.4, -0.2) is 20.7 Å². The lowest BCUT2D eigenvalue weighted by Gasteiger charge is -2.20. The van der Waals surface area contributed by atoms with Gasteiger partial charge in [-0.05, 0) is 6.92 Å². The molecule has 3 nitrogen and oxygen atoms in total. The van der Waals surface area contributed by atoms with Crippen LogP contribution >= 0.6 is 0 Å². The molecule has 0 rings (SSSR count). The number of ether oxygens (including phenoxy) is 1. The van der Waals surface area contributed by atoms with Gasteiger partial charge in [0.15, 0.2) is 0 Å². The standard InChI is InChI=1S/C8H15NO2Si/c1-5-11-8(10)7(6-9)12(2,3)4/h7H,5H2,1-4H3. The van der Waals surface area contributed by atoms with Crippen molar-refractivity contribution in [3.05, 3.63) is 0 Å². The summed E-state index contributed by atoms with van der Waals surface area (Å²) in [6.45, 7) is 8.05. The van der Waals surface area contributed by atoms with Crippen molar-refractivity contribution in [1.82, 2.24) is 0 Å². The van der Waals surface area contributed by atoms with Gasteiger partial charge in [0, 0.05) is 0 Å². The number of esters is 1. The second-order valence-electron chi connectivity index (χ2n) is 3.68. The molecule has 0 bridgehead atoms. The number of carbonyl (C=O) groups excluding carboxylic acids is 1. The van der Waals surface area contributed by atoms with Crippen molar-refractivity contribution in [3.63, 3.8) is 0 Å². The topological polar surface area (TPSA) is 50.1 Å². The first-order valence-electron chi connectivity index (χ1n) is 3.99. The molecule has 0 saturated carbocycles. The van der Waals surface area contributed by atoms with Gasteiger partial charge in [-0.25, -0.2) is 0 Å². The molecular weight excluding hydrogens is 170 g/mol. The van der Waals surface area contributed by atoms with E-state index in [9.17, 15) is 4.79 Å². The fourth-order valence-corrected chi connectivity index (χ4v) is 2.00. The number of hydrogen-bond donors (Lipinski definition) is 0. The molecular formula is C8H15NO2Si. The van der Waals surface area contributed by atoms with Gasteiger partial charge in [-0.15, -0.1) is 0 Å². The molecule has 0 aromatic carbocycles. The van der Waals surface area contributed by atoms with Gasteiger partial charge in [0.1, 0.15) is 5.54 Å². The lowest BCUT2D eigenvalue weighted by atomic mass is 10.5. The van der Waals surface area contributed by atoms with Gasteiger partial charge >= 0.3 is 5.97 Å². The fourth-order valence-electron chi connectivity index (χ4n) is 0.825. The predicted molar refractivity (Wildman–Crippen MR) is 49.3 cm³/mol. The number of rotatable bonds is 3. The summed E-state index contributed by atoms with van der Waals surface area (Å²) in [7, 11) is -1.72. The fraction of sp³-hybridized carbons (Fsp3) is 0.750. The van der Waals surface area contributed by atoms with Crippen LogP contribution in [0.2, 0.25) is 25.2 Å². The molecule has 0 aliphatic carbocycles. The maximum absolute atomic E-state index is 11.2. The first-order valence-corrected chi connectivity index (χ1v) is 7.57. The third-order valence-electron chi connectivity index (χ3n) is 1.52. The average molecular weight is 185 g/mol. The third kappa shape index (κ3) is 3.05. The summed E-state index contributed by atoms with van der Waals surface area (Å²) in [4.78, 5) is 11.2. The zero-order valence-electron chi connectivity index (χ0n) is 8.05. The maximum Gasteiger partial charge on any atom is 0.320 e. The largest absolute Gasteiger partial charge is 0.465 e. The van der Waals surface area contributed by atoms with Crippen LogP contribution < -0.4 is 0 Å². The summed E-state index contributed by atoms with van der Waals surface area (Å²) in [5, 5.41) is 8.74. The molecule has 4 heteroatoms. The van der Waals surface area contributed by atoms with E-state index >= 15 is 0 Å². The molecule has 0 N–H and O–H groups in total. The van der Waals surface area contributed by atoms with Crippen molar-refractivity contribution in [1.29, 1.82) is 5.26 Å². The van der Waals surface area contributed by atoms with Crippen molar-refractivity contribution >= 4 is 14.0 Å². The van der Waals surface area contributed by atoms with Crippen LogP contribution in [0.5, 0.6) is 0 Å². The van der Waals surface area contributed by atoms with Gasteiger partial charge in [0.25, 0.3) is 0 Å². The highest BCUT2D eigenvalue weighted by molar-refractivity contribution is 6.81. The van der Waals surface area contributed by atoms with Gasteiger partial charge < -0.3 is 4.74 Å². The minimum Gasteiger partial charge on any atom is -0.465 e. The predicted octanol–water partition coefficient (Wildman–Crippen LogP) is 1.78. The average Bonchev–Trinajstić information content (AvgIpc) is 1.85. The summed E-state index contributed by atoms with van der Waals surface area (Å²) >= 11 is 0. The normalized spacial score (nSPS) is 13.2. The van der Waals surface area contributed by atoms with Gasteiger partial charge in [-0.3, -0.25) is 4.79 Å². The van der Waals surface area contributed by atoms with E-state index in [1.807, 2.05) is 25.7 Å². The number of carbonyl (C=O) groups is 1. The molecule has 1 unspecified atom stereocenters. The van der Waals surface area contributed by atoms with Crippen LogP contribution in [0.25, 0.3) is 0 Å². The van der Waals surface area contributed by atoms with Crippen molar-refractivity contribution in [2.24, 2.45) is 0 Å². The van der Waals surface area contributed by atoms with Crippen LogP contribution in [0.4, 0.5) is 0 Å². The highest BCUT2D eigenvalue weighted by atomic mass is 28.3. The Hall–Kier alpha value is -0.823. The summed E-state index contributed by atoms with van der Waals surface area (Å²) in [5.74, 6) is -0.362. The molecule has 68 valence electrons. The minimum absolute atomic E-state index is 0.349. The Morgan fingerprint density at radius 1 is 1.58 bits per heavy atom. The molecule has 0 fully saturated rings. The van der Waals surface area contributed by atoms with E-state index in [2.05, 4.69) is 0 Å². The summed E-state index contributed by atoms with van der Waals surface area (Å²) in [5.41, 5.74) is -0.530. The Morgan fingerprint density at radius 2 is 2.08 bits per heavy atom. The van der Waals surface area contributed by atoms with Gasteiger partial charge in [0.05, 0.1) is 20.7 Å². The molecule has 0 heterocycles. The van der Waals surface area contributed by atoms with E-state index in [0.717, 1.165) is 0 Å². The molecule has 0 saturated heterocycles. The smallest absolute Gasteiger partial charge is 0.320 e. The Labute approximate surface area is 74.3 Å². The molecule has 0 spiro atoms. The Balaban J connectivity index is 4.39. The van der Waals surface area contributed by atoms with E-state index < -0.39 is 13.6 Å². The highest BCUT2D eigenvalue weighted by Crippen LogP contribution is 2.21. The van der Waals surface area contributed by atoms with E-state index in [0.29, 0.717) is 6.61 Å². The maximum atomic E-state index is 11.2. The third-order valence-corrected chi connectivity index (χ3v) is 3.61. The quantitative estimate of drug-likeness (QED) is 0.497. The van der Waals surface area contributed by atoms with E-state index in [1.165, 1.54) is 0 Å². The van der Waals surface area contributed by atoms with Crippen molar-refractivity contribution < 1.29 is 9.53 Å². The molecule has 0 radical (unpaired) electrons. The number of nitriles is 1. The summed E-state index contributed by atoms with van der Waals surface area (Å²) in [6, 6.07) is 2.01. The molecule has 0 aliphatic rings. The zero-order chi connectivity index (χ0) is 9.78. The molecule has 0 amide bonds. The van der Waals surface area contributed by atoms with Crippen molar-refractivity contribution in [2.45, 2.75) is 32.1 Å². The zero-order valence-corrected chi connectivity index (χ0v) is 9.05. The molecule has 0 aromatic rings. The second-order valence-corrected chi connectivity index (χ2v) is 8.99. The van der Waals surface area contributed by atoms with Gasteiger partial charge in [-0.2, -0.15) is 5.26 Å². The number of hydrogen-bond acceptors (Lipinski definition) is 3. The summed E-state index contributed by atoms with van der Waals surface area (Å²) < 4.78 is 4.79.